The quantitative estimate of drug-likeness (QED) is 0.789. The van der Waals surface area contributed by atoms with Gasteiger partial charge in [-0.2, -0.15) is 0 Å². The van der Waals surface area contributed by atoms with Gasteiger partial charge < -0.3 is 9.72 Å². The van der Waals surface area contributed by atoms with Crippen LogP contribution in [0.15, 0.2) is 37.1 Å². The fourth-order valence-corrected chi connectivity index (χ4v) is 2.24. The van der Waals surface area contributed by atoms with Crippen LogP contribution < -0.4 is 0 Å². The van der Waals surface area contributed by atoms with Crippen LogP contribution >= 0.6 is 0 Å². The van der Waals surface area contributed by atoms with E-state index in [9.17, 15) is 0 Å². The van der Waals surface area contributed by atoms with E-state index in [2.05, 4.69) is 56.7 Å². The highest BCUT2D eigenvalue weighted by molar-refractivity contribution is 5.83. The first-order valence-corrected chi connectivity index (χ1v) is 6.33. The second-order valence-corrected chi connectivity index (χ2v) is 5.40. The van der Waals surface area contributed by atoms with E-state index >= 15 is 0 Å². The van der Waals surface area contributed by atoms with Gasteiger partial charge in [-0.25, -0.2) is 0 Å². The molecule has 96 valence electrons. The van der Waals surface area contributed by atoms with Crippen molar-refractivity contribution >= 4 is 10.9 Å². The number of rotatable bonds is 5. The van der Waals surface area contributed by atoms with E-state index in [-0.39, 0.29) is 5.60 Å². The van der Waals surface area contributed by atoms with Crippen LogP contribution in [0.1, 0.15) is 25.0 Å². The molecule has 0 amide bonds. The average molecular weight is 243 g/mol. The topological polar surface area (TPSA) is 25.0 Å². The maximum atomic E-state index is 5.79. The molecule has 1 aromatic heterocycles. The molecule has 2 aromatic rings. The number of aromatic nitrogens is 1. The predicted molar refractivity (Wildman–Crippen MR) is 77.0 cm³/mol. The van der Waals surface area contributed by atoms with Crippen LogP contribution in [-0.2, 0) is 11.2 Å². The van der Waals surface area contributed by atoms with Gasteiger partial charge in [0.05, 0.1) is 12.2 Å². The van der Waals surface area contributed by atoms with Crippen LogP contribution in [0.5, 0.6) is 0 Å². The zero-order valence-corrected chi connectivity index (χ0v) is 11.4. The summed E-state index contributed by atoms with van der Waals surface area (Å²) >= 11 is 0. The zero-order valence-electron chi connectivity index (χ0n) is 11.4. The maximum Gasteiger partial charge on any atom is 0.0671 e. The summed E-state index contributed by atoms with van der Waals surface area (Å²) in [4.78, 5) is 3.33. The average Bonchev–Trinajstić information content (AvgIpc) is 2.68. The predicted octanol–water partition coefficient (Wildman–Crippen LogP) is 4.00. The molecule has 0 aliphatic rings. The number of fused-ring (bicyclic) bond motifs is 1. The highest BCUT2D eigenvalue weighted by Gasteiger charge is 2.20. The Bertz CT molecular complexity index is 551. The molecule has 1 aromatic carbocycles. The second-order valence-electron chi connectivity index (χ2n) is 5.40. The number of benzene rings is 1. The minimum absolute atomic E-state index is 0.172. The van der Waals surface area contributed by atoms with Crippen molar-refractivity contribution in [1.29, 1.82) is 0 Å². The molecule has 0 aliphatic heterocycles. The normalized spacial score (nSPS) is 11.9. The summed E-state index contributed by atoms with van der Waals surface area (Å²) < 4.78 is 5.79. The molecule has 2 heteroatoms. The Morgan fingerprint density at radius 3 is 2.89 bits per heavy atom. The number of hydrogen-bond acceptors (Lipinski definition) is 1. The third-order valence-corrected chi connectivity index (χ3v) is 3.13. The number of aryl methyl sites for hydroxylation is 1. The first-order chi connectivity index (χ1) is 8.52. The molecule has 0 radical (unpaired) electrons. The molecule has 1 heterocycles. The van der Waals surface area contributed by atoms with Crippen LogP contribution in [-0.4, -0.2) is 17.2 Å². The lowest BCUT2D eigenvalue weighted by Gasteiger charge is -2.24. The molecule has 0 fully saturated rings. The van der Waals surface area contributed by atoms with Gasteiger partial charge in [0.2, 0.25) is 0 Å². The van der Waals surface area contributed by atoms with Crippen molar-refractivity contribution < 1.29 is 4.74 Å². The van der Waals surface area contributed by atoms with E-state index in [1.54, 1.807) is 6.08 Å². The van der Waals surface area contributed by atoms with Crippen molar-refractivity contribution in [3.05, 3.63) is 48.2 Å². The Morgan fingerprint density at radius 1 is 1.39 bits per heavy atom. The van der Waals surface area contributed by atoms with Crippen molar-refractivity contribution in [2.75, 3.05) is 6.61 Å². The fourth-order valence-electron chi connectivity index (χ4n) is 2.24. The summed E-state index contributed by atoms with van der Waals surface area (Å²) in [5.74, 6) is 0. The SMILES string of the molecule is C=CCOC(C)(C)Cc1c[nH]c2cc(C)ccc12. The van der Waals surface area contributed by atoms with E-state index in [0.717, 1.165) is 6.42 Å². The molecule has 0 spiro atoms. The van der Waals surface area contributed by atoms with E-state index in [0.29, 0.717) is 6.61 Å². The summed E-state index contributed by atoms with van der Waals surface area (Å²) in [5.41, 5.74) is 3.61. The lowest BCUT2D eigenvalue weighted by molar-refractivity contribution is 0.000111. The maximum absolute atomic E-state index is 5.79. The van der Waals surface area contributed by atoms with E-state index in [4.69, 9.17) is 4.74 Å². The molecule has 0 atom stereocenters. The Balaban J connectivity index is 2.24. The van der Waals surface area contributed by atoms with Crippen molar-refractivity contribution in [2.45, 2.75) is 32.8 Å². The van der Waals surface area contributed by atoms with Crippen LogP contribution in [0.2, 0.25) is 0 Å². The number of nitrogens with one attached hydrogen (secondary N) is 1. The molecule has 18 heavy (non-hydrogen) atoms. The third kappa shape index (κ3) is 2.82. The van der Waals surface area contributed by atoms with Gasteiger partial charge in [-0.15, -0.1) is 6.58 Å². The third-order valence-electron chi connectivity index (χ3n) is 3.13. The van der Waals surface area contributed by atoms with E-state index in [1.807, 2.05) is 0 Å². The molecule has 0 saturated heterocycles. The monoisotopic (exact) mass is 243 g/mol. The molecule has 2 rings (SSSR count). The highest BCUT2D eigenvalue weighted by atomic mass is 16.5. The smallest absolute Gasteiger partial charge is 0.0671 e. The van der Waals surface area contributed by atoms with Gasteiger partial charge in [0.1, 0.15) is 0 Å². The van der Waals surface area contributed by atoms with Crippen molar-refractivity contribution in [2.24, 2.45) is 0 Å². The summed E-state index contributed by atoms with van der Waals surface area (Å²) in [7, 11) is 0. The zero-order chi connectivity index (χ0) is 13.2. The fraction of sp³-hybridized carbons (Fsp3) is 0.375. The molecular formula is C16H21NO. The number of hydrogen-bond donors (Lipinski definition) is 1. The van der Waals surface area contributed by atoms with Gasteiger partial charge in [-0.3, -0.25) is 0 Å². The number of H-pyrrole nitrogens is 1. The minimum Gasteiger partial charge on any atom is -0.371 e. The van der Waals surface area contributed by atoms with Crippen LogP contribution in [0.25, 0.3) is 10.9 Å². The van der Waals surface area contributed by atoms with Crippen LogP contribution in [0.4, 0.5) is 0 Å². The van der Waals surface area contributed by atoms with E-state index < -0.39 is 0 Å². The van der Waals surface area contributed by atoms with E-state index in [1.165, 1.54) is 22.0 Å². The van der Waals surface area contributed by atoms with Gasteiger partial charge >= 0.3 is 0 Å². The summed E-state index contributed by atoms with van der Waals surface area (Å²) in [5, 5.41) is 1.29. The Labute approximate surface area is 109 Å². The molecule has 0 saturated carbocycles. The van der Waals surface area contributed by atoms with Gasteiger partial charge in [-0.05, 0) is 38.0 Å². The molecule has 1 N–H and O–H groups in total. The largest absolute Gasteiger partial charge is 0.371 e. The molecule has 0 unspecified atom stereocenters. The summed E-state index contributed by atoms with van der Waals surface area (Å²) in [6.07, 6.45) is 4.77. The van der Waals surface area contributed by atoms with Crippen LogP contribution in [0, 0.1) is 6.92 Å². The van der Waals surface area contributed by atoms with Crippen LogP contribution in [0.3, 0.4) is 0 Å². The Kier molecular flexibility index (Phi) is 3.58. The second kappa shape index (κ2) is 4.99. The first-order valence-electron chi connectivity index (χ1n) is 6.33. The first kappa shape index (κ1) is 12.9. The van der Waals surface area contributed by atoms with Crippen molar-refractivity contribution in [3.63, 3.8) is 0 Å². The molecule has 2 nitrogen and oxygen atoms in total. The lowest BCUT2D eigenvalue weighted by atomic mass is 9.97. The standard InChI is InChI=1S/C16H21NO/c1-5-8-18-16(3,4)10-13-11-17-15-9-12(2)6-7-14(13)15/h5-7,9,11,17H,1,8,10H2,2-4H3. The number of ether oxygens (including phenoxy) is 1. The molecular weight excluding hydrogens is 222 g/mol. The van der Waals surface area contributed by atoms with Gasteiger partial charge in [0.15, 0.2) is 0 Å². The Morgan fingerprint density at radius 2 is 2.17 bits per heavy atom. The summed E-state index contributed by atoms with van der Waals surface area (Å²) in [6, 6.07) is 6.51. The molecule has 0 bridgehead atoms. The van der Waals surface area contributed by atoms with Crippen molar-refractivity contribution in [3.8, 4) is 0 Å². The number of aromatic amines is 1. The van der Waals surface area contributed by atoms with Gasteiger partial charge in [-0.1, -0.05) is 18.2 Å². The van der Waals surface area contributed by atoms with Gasteiger partial charge in [0.25, 0.3) is 0 Å². The lowest BCUT2D eigenvalue weighted by Crippen LogP contribution is -2.27. The summed E-state index contributed by atoms with van der Waals surface area (Å²) in [6.45, 7) is 10.6. The molecule has 0 aliphatic carbocycles. The van der Waals surface area contributed by atoms with Crippen molar-refractivity contribution in [1.82, 2.24) is 4.98 Å². The Hall–Kier alpha value is -1.54. The highest BCUT2D eigenvalue weighted by Crippen LogP contribution is 2.25. The minimum atomic E-state index is -0.172. The van der Waals surface area contributed by atoms with Gasteiger partial charge in [0, 0.05) is 23.5 Å².